The molecule has 3 rings (SSSR count). The second kappa shape index (κ2) is 5.36. The van der Waals surface area contributed by atoms with Gasteiger partial charge < -0.3 is 15.2 Å². The van der Waals surface area contributed by atoms with Crippen LogP contribution in [0.1, 0.15) is 49.0 Å². The molecule has 2 N–H and O–H groups in total. The van der Waals surface area contributed by atoms with E-state index in [-0.39, 0.29) is 11.3 Å². The number of hydrogen-bond acceptors (Lipinski definition) is 5. The van der Waals surface area contributed by atoms with Gasteiger partial charge in [-0.05, 0) is 25.7 Å². The van der Waals surface area contributed by atoms with E-state index in [1.165, 1.54) is 25.2 Å². The molecule has 0 radical (unpaired) electrons. The molecular weight excluding hydrogens is 258 g/mol. The number of carbonyl (C=O) groups is 1. The van der Waals surface area contributed by atoms with Gasteiger partial charge in [0.2, 0.25) is 0 Å². The third-order valence-corrected chi connectivity index (χ3v) is 4.23. The molecule has 1 unspecified atom stereocenters. The fourth-order valence-electron chi connectivity index (χ4n) is 3.24. The van der Waals surface area contributed by atoms with Gasteiger partial charge in [0.15, 0.2) is 5.69 Å². The van der Waals surface area contributed by atoms with E-state index in [9.17, 15) is 4.79 Å². The number of aromatic carboxylic acids is 1. The molecule has 6 heteroatoms. The molecule has 1 aliphatic heterocycles. The fraction of sp³-hybridized carbons (Fsp3) is 0.643. The van der Waals surface area contributed by atoms with Crippen LogP contribution in [0.15, 0.2) is 12.4 Å². The SMILES string of the molecule is O=C(O)c1cnc(NC2CCOC3(CCCC3)C2)cn1. The van der Waals surface area contributed by atoms with Crippen LogP contribution in [0.25, 0.3) is 0 Å². The first-order valence-corrected chi connectivity index (χ1v) is 7.13. The minimum Gasteiger partial charge on any atom is -0.476 e. The monoisotopic (exact) mass is 277 g/mol. The zero-order chi connectivity index (χ0) is 14.0. The Balaban J connectivity index is 1.63. The highest BCUT2D eigenvalue weighted by Crippen LogP contribution is 2.40. The van der Waals surface area contributed by atoms with Gasteiger partial charge in [0, 0.05) is 12.6 Å². The predicted molar refractivity (Wildman–Crippen MR) is 72.8 cm³/mol. The summed E-state index contributed by atoms with van der Waals surface area (Å²) < 4.78 is 5.99. The number of rotatable bonds is 3. The highest BCUT2D eigenvalue weighted by atomic mass is 16.5. The fourth-order valence-corrected chi connectivity index (χ4v) is 3.24. The van der Waals surface area contributed by atoms with Crippen LogP contribution >= 0.6 is 0 Å². The van der Waals surface area contributed by atoms with Gasteiger partial charge in [-0.25, -0.2) is 14.8 Å². The zero-order valence-corrected chi connectivity index (χ0v) is 11.3. The predicted octanol–water partition coefficient (Wildman–Crippen LogP) is 2.08. The van der Waals surface area contributed by atoms with Crippen LogP contribution in [0.3, 0.4) is 0 Å². The lowest BCUT2D eigenvalue weighted by Gasteiger charge is -2.38. The first kappa shape index (κ1) is 13.3. The van der Waals surface area contributed by atoms with Crippen molar-refractivity contribution >= 4 is 11.8 Å². The van der Waals surface area contributed by atoms with E-state index in [0.717, 1.165) is 32.3 Å². The summed E-state index contributed by atoms with van der Waals surface area (Å²) in [6.07, 6.45) is 9.51. The van der Waals surface area contributed by atoms with E-state index in [0.29, 0.717) is 11.9 Å². The molecule has 1 saturated carbocycles. The molecule has 6 nitrogen and oxygen atoms in total. The molecular formula is C14H19N3O3. The molecule has 1 saturated heterocycles. The van der Waals surface area contributed by atoms with E-state index in [1.54, 1.807) is 0 Å². The Morgan fingerprint density at radius 2 is 2.15 bits per heavy atom. The van der Waals surface area contributed by atoms with Crippen molar-refractivity contribution in [2.45, 2.75) is 50.2 Å². The number of aromatic nitrogens is 2. The van der Waals surface area contributed by atoms with Gasteiger partial charge in [-0.15, -0.1) is 0 Å². The average Bonchev–Trinajstić information content (AvgIpc) is 2.87. The summed E-state index contributed by atoms with van der Waals surface area (Å²) in [6.45, 7) is 0.776. The molecule has 1 spiro atoms. The number of hydrogen-bond donors (Lipinski definition) is 2. The molecule has 0 bridgehead atoms. The smallest absolute Gasteiger partial charge is 0.356 e. The first-order valence-electron chi connectivity index (χ1n) is 7.13. The largest absolute Gasteiger partial charge is 0.476 e. The van der Waals surface area contributed by atoms with Crippen molar-refractivity contribution in [3.63, 3.8) is 0 Å². The molecule has 108 valence electrons. The maximum Gasteiger partial charge on any atom is 0.356 e. The summed E-state index contributed by atoms with van der Waals surface area (Å²) >= 11 is 0. The minimum absolute atomic E-state index is 0.0326. The lowest BCUT2D eigenvalue weighted by Crippen LogP contribution is -2.42. The van der Waals surface area contributed by atoms with Crippen molar-refractivity contribution in [2.24, 2.45) is 0 Å². The minimum atomic E-state index is -1.06. The van der Waals surface area contributed by atoms with Crippen LogP contribution in [-0.4, -0.2) is 39.3 Å². The average molecular weight is 277 g/mol. The Labute approximate surface area is 117 Å². The van der Waals surface area contributed by atoms with E-state index >= 15 is 0 Å². The van der Waals surface area contributed by atoms with Crippen molar-refractivity contribution in [1.29, 1.82) is 0 Å². The number of carboxylic acid groups (broad SMARTS) is 1. The number of nitrogens with one attached hydrogen (secondary N) is 1. The van der Waals surface area contributed by atoms with Gasteiger partial charge in [-0.2, -0.15) is 0 Å². The van der Waals surface area contributed by atoms with Crippen LogP contribution in [0.5, 0.6) is 0 Å². The van der Waals surface area contributed by atoms with Gasteiger partial charge in [0.05, 0.1) is 18.0 Å². The van der Waals surface area contributed by atoms with Gasteiger partial charge in [-0.3, -0.25) is 0 Å². The number of nitrogens with zero attached hydrogens (tertiary/aromatic N) is 2. The molecule has 0 aromatic carbocycles. The van der Waals surface area contributed by atoms with E-state index < -0.39 is 5.97 Å². The molecule has 0 amide bonds. The zero-order valence-electron chi connectivity index (χ0n) is 11.3. The number of ether oxygens (including phenoxy) is 1. The van der Waals surface area contributed by atoms with Crippen molar-refractivity contribution < 1.29 is 14.6 Å². The Kier molecular flexibility index (Phi) is 3.56. The third-order valence-electron chi connectivity index (χ3n) is 4.23. The summed E-state index contributed by atoms with van der Waals surface area (Å²) in [7, 11) is 0. The van der Waals surface area contributed by atoms with Gasteiger partial charge in [0.25, 0.3) is 0 Å². The lowest BCUT2D eigenvalue weighted by atomic mass is 9.89. The Bertz CT molecular complexity index is 483. The van der Waals surface area contributed by atoms with Crippen LogP contribution in [0, 0.1) is 0 Å². The number of carboxylic acids is 1. The molecule has 2 aliphatic rings. The molecule has 20 heavy (non-hydrogen) atoms. The lowest BCUT2D eigenvalue weighted by molar-refractivity contribution is -0.0767. The van der Waals surface area contributed by atoms with Crippen molar-refractivity contribution in [3.8, 4) is 0 Å². The van der Waals surface area contributed by atoms with Crippen LogP contribution < -0.4 is 5.32 Å². The quantitative estimate of drug-likeness (QED) is 0.880. The molecule has 2 heterocycles. The molecule has 1 atom stereocenters. The number of anilines is 1. The Hall–Kier alpha value is -1.69. The van der Waals surface area contributed by atoms with Crippen LogP contribution in [-0.2, 0) is 4.74 Å². The van der Waals surface area contributed by atoms with Crippen molar-refractivity contribution in [3.05, 3.63) is 18.1 Å². The molecule has 2 fully saturated rings. The summed E-state index contributed by atoms with van der Waals surface area (Å²) in [5.41, 5.74) is 0.0273. The van der Waals surface area contributed by atoms with E-state index in [2.05, 4.69) is 15.3 Å². The maximum atomic E-state index is 10.7. The summed E-state index contributed by atoms with van der Waals surface area (Å²) in [4.78, 5) is 18.7. The maximum absolute atomic E-state index is 10.7. The van der Waals surface area contributed by atoms with Gasteiger partial charge >= 0.3 is 5.97 Å². The molecule has 1 aliphatic carbocycles. The normalized spacial score (nSPS) is 24.7. The molecule has 1 aromatic rings. The highest BCUT2D eigenvalue weighted by Gasteiger charge is 2.39. The Morgan fingerprint density at radius 3 is 2.80 bits per heavy atom. The topological polar surface area (TPSA) is 84.3 Å². The summed E-state index contributed by atoms with van der Waals surface area (Å²) in [6, 6.07) is 0.326. The second-order valence-electron chi connectivity index (χ2n) is 5.66. The van der Waals surface area contributed by atoms with Crippen LogP contribution in [0.2, 0.25) is 0 Å². The Morgan fingerprint density at radius 1 is 1.35 bits per heavy atom. The first-order chi connectivity index (χ1) is 9.67. The third kappa shape index (κ3) is 2.75. The standard InChI is InChI=1S/C14H19N3O3/c18-13(19)11-8-16-12(9-15-11)17-10-3-6-20-14(7-10)4-1-2-5-14/h8-10H,1-7H2,(H,16,17)(H,18,19). The van der Waals surface area contributed by atoms with Crippen molar-refractivity contribution in [1.82, 2.24) is 9.97 Å². The van der Waals surface area contributed by atoms with E-state index in [1.807, 2.05) is 0 Å². The van der Waals surface area contributed by atoms with Gasteiger partial charge in [-0.1, -0.05) is 12.8 Å². The van der Waals surface area contributed by atoms with Crippen molar-refractivity contribution in [2.75, 3.05) is 11.9 Å². The van der Waals surface area contributed by atoms with E-state index in [4.69, 9.17) is 9.84 Å². The highest BCUT2D eigenvalue weighted by molar-refractivity contribution is 5.84. The summed E-state index contributed by atoms with van der Waals surface area (Å²) in [5.74, 6) is -0.421. The van der Waals surface area contributed by atoms with Crippen LogP contribution in [0.4, 0.5) is 5.82 Å². The molecule has 1 aromatic heterocycles. The summed E-state index contributed by atoms with van der Waals surface area (Å²) in [5, 5.41) is 12.1. The van der Waals surface area contributed by atoms with Gasteiger partial charge in [0.1, 0.15) is 5.82 Å². The second-order valence-corrected chi connectivity index (χ2v) is 5.66.